The van der Waals surface area contributed by atoms with E-state index in [1.54, 1.807) is 0 Å². The van der Waals surface area contributed by atoms with Crippen molar-refractivity contribution in [2.24, 2.45) is 0 Å². The molecule has 5 rings (SSSR count). The van der Waals surface area contributed by atoms with Crippen LogP contribution in [0.15, 0.2) is 97.2 Å². The number of rotatable bonds is 2. The Kier molecular flexibility index (Phi) is 3.44. The van der Waals surface area contributed by atoms with E-state index in [-0.39, 0.29) is 0 Å². The molecule has 1 aliphatic carbocycles. The van der Waals surface area contributed by atoms with Crippen LogP contribution < -0.4 is 0 Å². The van der Waals surface area contributed by atoms with Crippen molar-refractivity contribution in [3.05, 3.63) is 125 Å². The molecule has 0 radical (unpaired) electrons. The second-order valence-electron chi connectivity index (χ2n) is 6.57. The predicted molar refractivity (Wildman–Crippen MR) is 107 cm³/mol. The van der Waals surface area contributed by atoms with E-state index in [9.17, 15) is 0 Å². The fraction of sp³-hybridized carbons (Fsp3) is 0.0417. The maximum Gasteiger partial charge on any atom is 0.0886 e. The summed E-state index contributed by atoms with van der Waals surface area (Å²) in [6.45, 7) is 0. The van der Waals surface area contributed by atoms with Crippen LogP contribution in [0.5, 0.6) is 0 Å². The van der Waals surface area contributed by atoms with E-state index in [1.165, 1.54) is 27.8 Å². The van der Waals surface area contributed by atoms with Gasteiger partial charge in [-0.1, -0.05) is 78.3 Å². The van der Waals surface area contributed by atoms with Crippen LogP contribution in [0.25, 0.3) is 11.1 Å². The standard InChI is InChI=1S/C24H16ClN/c25-18-13-14-20-19-10-4-5-11-21(19)24(22(20)16-18,17-8-2-1-3-9-17)23-12-6-7-15-26-23/h1-16H. The Morgan fingerprint density at radius 3 is 2.19 bits per heavy atom. The summed E-state index contributed by atoms with van der Waals surface area (Å²) in [6.07, 6.45) is 1.87. The van der Waals surface area contributed by atoms with Crippen LogP contribution in [-0.2, 0) is 5.41 Å². The minimum absolute atomic E-state index is 0.459. The highest BCUT2D eigenvalue weighted by atomic mass is 35.5. The molecule has 1 heterocycles. The normalized spacial score (nSPS) is 17.6. The Bertz CT molecular complexity index is 1050. The van der Waals surface area contributed by atoms with Crippen LogP contribution in [0.3, 0.4) is 0 Å². The predicted octanol–water partition coefficient (Wildman–Crippen LogP) is 6.10. The lowest BCUT2D eigenvalue weighted by atomic mass is 9.70. The fourth-order valence-electron chi connectivity index (χ4n) is 4.26. The lowest BCUT2D eigenvalue weighted by Gasteiger charge is -2.32. The number of fused-ring (bicyclic) bond motifs is 3. The SMILES string of the molecule is Clc1ccc2c(c1)C(c1ccccc1)(c1ccccn1)c1ccccc1-2. The molecule has 1 unspecified atom stereocenters. The molecule has 1 aliphatic rings. The molecule has 0 saturated carbocycles. The van der Waals surface area contributed by atoms with Gasteiger partial charge in [-0.2, -0.15) is 0 Å². The van der Waals surface area contributed by atoms with Gasteiger partial charge in [-0.25, -0.2) is 0 Å². The van der Waals surface area contributed by atoms with E-state index >= 15 is 0 Å². The number of hydrogen-bond donors (Lipinski definition) is 0. The topological polar surface area (TPSA) is 12.9 Å². The minimum atomic E-state index is -0.459. The Labute approximate surface area is 157 Å². The van der Waals surface area contributed by atoms with E-state index in [2.05, 4.69) is 78.9 Å². The molecule has 124 valence electrons. The monoisotopic (exact) mass is 353 g/mol. The zero-order chi connectivity index (χ0) is 17.6. The molecule has 0 saturated heterocycles. The summed E-state index contributed by atoms with van der Waals surface area (Å²) in [5.74, 6) is 0. The van der Waals surface area contributed by atoms with Gasteiger partial charge < -0.3 is 0 Å². The number of benzene rings is 3. The van der Waals surface area contributed by atoms with Crippen LogP contribution >= 0.6 is 11.6 Å². The Hall–Kier alpha value is -2.90. The Balaban J connectivity index is 1.99. The average Bonchev–Trinajstić information content (AvgIpc) is 3.00. The molecule has 1 nitrogen and oxygen atoms in total. The van der Waals surface area contributed by atoms with Crippen molar-refractivity contribution in [2.75, 3.05) is 0 Å². The summed E-state index contributed by atoms with van der Waals surface area (Å²) < 4.78 is 0. The van der Waals surface area contributed by atoms with E-state index in [4.69, 9.17) is 16.6 Å². The van der Waals surface area contributed by atoms with Crippen LogP contribution in [0.1, 0.15) is 22.4 Å². The third-order valence-corrected chi connectivity index (χ3v) is 5.50. The molecule has 26 heavy (non-hydrogen) atoms. The maximum atomic E-state index is 6.45. The number of pyridine rings is 1. The minimum Gasteiger partial charge on any atom is -0.260 e. The molecule has 0 fully saturated rings. The third-order valence-electron chi connectivity index (χ3n) is 5.26. The highest BCUT2D eigenvalue weighted by molar-refractivity contribution is 6.30. The average molecular weight is 354 g/mol. The van der Waals surface area contributed by atoms with Crippen LogP contribution in [0, 0.1) is 0 Å². The van der Waals surface area contributed by atoms with Crippen molar-refractivity contribution < 1.29 is 0 Å². The van der Waals surface area contributed by atoms with Crippen molar-refractivity contribution in [2.45, 2.75) is 5.41 Å². The van der Waals surface area contributed by atoms with Crippen molar-refractivity contribution >= 4 is 11.6 Å². The van der Waals surface area contributed by atoms with Gasteiger partial charge in [0.25, 0.3) is 0 Å². The van der Waals surface area contributed by atoms with Gasteiger partial charge in [-0.05, 0) is 52.1 Å². The number of hydrogen-bond acceptors (Lipinski definition) is 1. The van der Waals surface area contributed by atoms with Gasteiger partial charge >= 0.3 is 0 Å². The van der Waals surface area contributed by atoms with Gasteiger partial charge in [-0.15, -0.1) is 0 Å². The van der Waals surface area contributed by atoms with Gasteiger partial charge in [0.15, 0.2) is 0 Å². The third kappa shape index (κ3) is 2.01. The molecule has 0 N–H and O–H groups in total. The molecule has 0 amide bonds. The second-order valence-corrected chi connectivity index (χ2v) is 7.00. The fourth-order valence-corrected chi connectivity index (χ4v) is 4.43. The zero-order valence-corrected chi connectivity index (χ0v) is 14.8. The second kappa shape index (κ2) is 5.82. The summed E-state index contributed by atoms with van der Waals surface area (Å²) in [5.41, 5.74) is 6.66. The van der Waals surface area contributed by atoms with E-state index in [0.717, 1.165) is 10.7 Å². The summed E-state index contributed by atoms with van der Waals surface area (Å²) in [6, 6.07) is 31.5. The molecular formula is C24H16ClN. The quantitative estimate of drug-likeness (QED) is 0.373. The van der Waals surface area contributed by atoms with E-state index < -0.39 is 5.41 Å². The molecule has 3 aromatic carbocycles. The van der Waals surface area contributed by atoms with Gasteiger partial charge in [0.2, 0.25) is 0 Å². The molecule has 4 aromatic rings. The van der Waals surface area contributed by atoms with Crippen LogP contribution in [-0.4, -0.2) is 4.98 Å². The lowest BCUT2D eigenvalue weighted by molar-refractivity contribution is 0.735. The van der Waals surface area contributed by atoms with Gasteiger partial charge in [0.05, 0.1) is 11.1 Å². The van der Waals surface area contributed by atoms with Gasteiger partial charge in [0, 0.05) is 11.2 Å². The molecule has 1 aromatic heterocycles. The smallest absolute Gasteiger partial charge is 0.0886 e. The van der Waals surface area contributed by atoms with Crippen molar-refractivity contribution in [3.63, 3.8) is 0 Å². The zero-order valence-electron chi connectivity index (χ0n) is 14.1. The highest BCUT2D eigenvalue weighted by Crippen LogP contribution is 2.55. The molecule has 0 aliphatic heterocycles. The van der Waals surface area contributed by atoms with Crippen LogP contribution in [0.4, 0.5) is 0 Å². The first-order valence-corrected chi connectivity index (χ1v) is 9.06. The number of aromatic nitrogens is 1. The summed E-state index contributed by atoms with van der Waals surface area (Å²) in [5, 5.41) is 0.743. The lowest BCUT2D eigenvalue weighted by Crippen LogP contribution is -2.29. The number of halogens is 1. The van der Waals surface area contributed by atoms with Crippen molar-refractivity contribution in [1.82, 2.24) is 4.98 Å². The van der Waals surface area contributed by atoms with Gasteiger partial charge in [0.1, 0.15) is 0 Å². The first-order valence-electron chi connectivity index (χ1n) is 8.69. The molecular weight excluding hydrogens is 338 g/mol. The maximum absolute atomic E-state index is 6.45. The van der Waals surface area contributed by atoms with Gasteiger partial charge in [-0.3, -0.25) is 4.98 Å². The molecule has 0 bridgehead atoms. The summed E-state index contributed by atoms with van der Waals surface area (Å²) in [7, 11) is 0. The largest absolute Gasteiger partial charge is 0.260 e. The first-order chi connectivity index (χ1) is 12.8. The summed E-state index contributed by atoms with van der Waals surface area (Å²) in [4.78, 5) is 4.79. The van der Waals surface area contributed by atoms with E-state index in [0.29, 0.717) is 0 Å². The molecule has 2 heteroatoms. The van der Waals surface area contributed by atoms with E-state index in [1.807, 2.05) is 18.3 Å². The van der Waals surface area contributed by atoms with Crippen molar-refractivity contribution in [1.29, 1.82) is 0 Å². The van der Waals surface area contributed by atoms with Crippen molar-refractivity contribution in [3.8, 4) is 11.1 Å². The first kappa shape index (κ1) is 15.4. The Morgan fingerprint density at radius 1 is 0.654 bits per heavy atom. The molecule has 1 atom stereocenters. The Morgan fingerprint density at radius 2 is 1.38 bits per heavy atom. The summed E-state index contributed by atoms with van der Waals surface area (Å²) >= 11 is 6.45. The molecule has 0 spiro atoms. The van der Waals surface area contributed by atoms with Crippen LogP contribution in [0.2, 0.25) is 5.02 Å². The number of nitrogens with zero attached hydrogens (tertiary/aromatic N) is 1. The highest BCUT2D eigenvalue weighted by Gasteiger charge is 2.47.